The summed E-state index contributed by atoms with van der Waals surface area (Å²) in [6.07, 6.45) is 0.0613. The predicted molar refractivity (Wildman–Crippen MR) is 131 cm³/mol. The first-order chi connectivity index (χ1) is 16.4. The van der Waals surface area contributed by atoms with E-state index < -0.39 is 0 Å². The molecule has 4 rings (SSSR count). The number of amides is 2. The summed E-state index contributed by atoms with van der Waals surface area (Å²) in [6.45, 7) is 7.40. The maximum Gasteiger partial charge on any atom is 0.254 e. The number of aromatic nitrogens is 1. The van der Waals surface area contributed by atoms with Crippen molar-refractivity contribution in [3.8, 4) is 0 Å². The van der Waals surface area contributed by atoms with Gasteiger partial charge in [-0.1, -0.05) is 29.4 Å². The fourth-order valence-electron chi connectivity index (χ4n) is 3.98. The highest BCUT2D eigenvalue weighted by Crippen LogP contribution is 2.26. The van der Waals surface area contributed by atoms with Gasteiger partial charge in [0, 0.05) is 36.2 Å². The lowest BCUT2D eigenvalue weighted by atomic mass is 10.1. The number of carbonyl (C=O) groups is 2. The molecule has 2 unspecified atom stereocenters. The van der Waals surface area contributed by atoms with E-state index in [1.54, 1.807) is 0 Å². The van der Waals surface area contributed by atoms with E-state index in [0.29, 0.717) is 36.5 Å². The molecule has 0 spiro atoms. The van der Waals surface area contributed by atoms with Crippen LogP contribution in [0.3, 0.4) is 0 Å². The van der Waals surface area contributed by atoms with Gasteiger partial charge in [0.05, 0.1) is 29.2 Å². The van der Waals surface area contributed by atoms with Crippen LogP contribution in [0.15, 0.2) is 64.0 Å². The number of nitrogens with one attached hydrogen (secondary N) is 1. The van der Waals surface area contributed by atoms with Gasteiger partial charge in [-0.2, -0.15) is 0 Å². The Bertz CT molecular complexity index is 1130. The molecule has 178 valence electrons. The van der Waals surface area contributed by atoms with E-state index >= 15 is 0 Å². The van der Waals surface area contributed by atoms with Crippen LogP contribution in [0.1, 0.15) is 51.6 Å². The average molecular weight is 480 g/mol. The smallest absolute Gasteiger partial charge is 0.254 e. The second kappa shape index (κ2) is 10.9. The van der Waals surface area contributed by atoms with Crippen LogP contribution in [0.5, 0.6) is 0 Å². The molecule has 1 aromatic heterocycles. The van der Waals surface area contributed by atoms with Crippen molar-refractivity contribution in [2.24, 2.45) is 0 Å². The summed E-state index contributed by atoms with van der Waals surface area (Å²) in [4.78, 5) is 28.4. The number of ether oxygens (including phenoxy) is 1. The van der Waals surface area contributed by atoms with Crippen molar-refractivity contribution in [2.75, 3.05) is 13.1 Å². The Morgan fingerprint density at radius 1 is 1.09 bits per heavy atom. The number of rotatable bonds is 7. The topological polar surface area (TPSA) is 84.7 Å². The van der Waals surface area contributed by atoms with Crippen molar-refractivity contribution in [1.29, 1.82) is 0 Å². The van der Waals surface area contributed by atoms with E-state index in [9.17, 15) is 9.59 Å². The molecule has 7 nitrogen and oxygen atoms in total. The van der Waals surface area contributed by atoms with Crippen LogP contribution in [0.4, 0.5) is 0 Å². The van der Waals surface area contributed by atoms with Crippen molar-refractivity contribution < 1.29 is 18.8 Å². The molecule has 0 aliphatic carbocycles. The van der Waals surface area contributed by atoms with Gasteiger partial charge in [-0.3, -0.25) is 9.59 Å². The van der Waals surface area contributed by atoms with Gasteiger partial charge >= 0.3 is 0 Å². The molecule has 1 aliphatic rings. The molecular weight excluding hydrogens is 450 g/mol. The summed E-state index contributed by atoms with van der Waals surface area (Å²) in [6, 6.07) is 16.8. The number of hydrogen-bond donors (Lipinski definition) is 1. The molecule has 34 heavy (non-hydrogen) atoms. The Hall–Kier alpha value is -3.10. The molecular formula is C26H29N3O4S. The third-order valence-corrected chi connectivity index (χ3v) is 6.64. The average Bonchev–Trinajstić information content (AvgIpc) is 3.25. The highest BCUT2D eigenvalue weighted by Gasteiger charge is 2.26. The molecule has 0 bridgehead atoms. The monoisotopic (exact) mass is 479 g/mol. The van der Waals surface area contributed by atoms with E-state index in [1.807, 2.05) is 80.3 Å². The highest BCUT2D eigenvalue weighted by atomic mass is 32.2. The number of nitrogens with zero attached hydrogens (tertiary/aromatic N) is 2. The van der Waals surface area contributed by atoms with Gasteiger partial charge in [0.25, 0.3) is 11.8 Å². The van der Waals surface area contributed by atoms with Gasteiger partial charge in [0.1, 0.15) is 5.76 Å². The van der Waals surface area contributed by atoms with Crippen LogP contribution < -0.4 is 5.32 Å². The maximum absolute atomic E-state index is 12.9. The lowest BCUT2D eigenvalue weighted by Crippen LogP contribution is -2.48. The molecule has 2 heterocycles. The lowest BCUT2D eigenvalue weighted by molar-refractivity contribution is -0.0586. The van der Waals surface area contributed by atoms with Crippen LogP contribution in [0.25, 0.3) is 0 Å². The minimum Gasteiger partial charge on any atom is -0.372 e. The number of benzene rings is 2. The SMILES string of the molecule is Cc1cc(CSc2ccccc2C(=O)NCc2ccc(C(=O)N3CC(C)OC(C)C3)cc2)on1. The molecule has 0 saturated carbocycles. The first-order valence-electron chi connectivity index (χ1n) is 11.3. The van der Waals surface area contributed by atoms with Gasteiger partial charge in [-0.25, -0.2) is 0 Å². The Kier molecular flexibility index (Phi) is 7.70. The van der Waals surface area contributed by atoms with Gasteiger partial charge in [0.15, 0.2) is 0 Å². The van der Waals surface area contributed by atoms with Crippen molar-refractivity contribution in [2.45, 2.75) is 50.2 Å². The number of hydrogen-bond acceptors (Lipinski definition) is 6. The normalized spacial score (nSPS) is 18.0. The number of carbonyl (C=O) groups excluding carboxylic acids is 2. The summed E-state index contributed by atoms with van der Waals surface area (Å²) < 4.78 is 11.0. The van der Waals surface area contributed by atoms with Gasteiger partial charge in [0.2, 0.25) is 0 Å². The molecule has 2 amide bonds. The third kappa shape index (κ3) is 6.07. The largest absolute Gasteiger partial charge is 0.372 e. The molecule has 2 atom stereocenters. The van der Waals surface area contributed by atoms with Crippen molar-refractivity contribution >= 4 is 23.6 Å². The standard InChI is InChI=1S/C26H29N3O4S/c1-17-12-22(33-28-17)16-34-24-7-5-4-6-23(24)25(30)27-13-20-8-10-21(11-9-20)26(31)29-14-18(2)32-19(3)15-29/h4-12,18-19H,13-16H2,1-3H3,(H,27,30). The Labute approximate surface area is 203 Å². The van der Waals surface area contributed by atoms with E-state index in [0.717, 1.165) is 21.9 Å². The van der Waals surface area contributed by atoms with Crippen LogP contribution in [0.2, 0.25) is 0 Å². The molecule has 1 fully saturated rings. The predicted octanol–water partition coefficient (Wildman–Crippen LogP) is 4.45. The fourth-order valence-corrected chi connectivity index (χ4v) is 4.91. The van der Waals surface area contributed by atoms with Crippen LogP contribution >= 0.6 is 11.8 Å². The fraction of sp³-hybridized carbons (Fsp3) is 0.346. The second-order valence-electron chi connectivity index (χ2n) is 8.57. The first kappa shape index (κ1) is 24.0. The van der Waals surface area contributed by atoms with Crippen LogP contribution in [-0.2, 0) is 17.0 Å². The maximum atomic E-state index is 12.9. The molecule has 3 aromatic rings. The Balaban J connectivity index is 1.34. The van der Waals surface area contributed by atoms with Crippen LogP contribution in [-0.4, -0.2) is 47.2 Å². The zero-order valence-electron chi connectivity index (χ0n) is 19.6. The van der Waals surface area contributed by atoms with Crippen molar-refractivity contribution in [1.82, 2.24) is 15.4 Å². The summed E-state index contributed by atoms with van der Waals surface area (Å²) >= 11 is 1.54. The Morgan fingerprint density at radius 2 is 1.79 bits per heavy atom. The molecule has 8 heteroatoms. The Morgan fingerprint density at radius 3 is 2.47 bits per heavy atom. The lowest BCUT2D eigenvalue weighted by Gasteiger charge is -2.35. The summed E-state index contributed by atoms with van der Waals surface area (Å²) in [5.74, 6) is 1.23. The zero-order chi connectivity index (χ0) is 24.1. The third-order valence-electron chi connectivity index (χ3n) is 5.54. The van der Waals surface area contributed by atoms with E-state index in [1.165, 1.54) is 11.8 Å². The minimum absolute atomic E-state index is 0.00508. The molecule has 0 radical (unpaired) electrons. The molecule has 1 saturated heterocycles. The van der Waals surface area contributed by atoms with E-state index in [4.69, 9.17) is 9.26 Å². The number of aryl methyl sites for hydroxylation is 1. The zero-order valence-corrected chi connectivity index (χ0v) is 20.4. The molecule has 1 aliphatic heterocycles. The first-order valence-corrected chi connectivity index (χ1v) is 12.3. The summed E-state index contributed by atoms with van der Waals surface area (Å²) in [7, 11) is 0. The molecule has 2 aromatic carbocycles. The summed E-state index contributed by atoms with van der Waals surface area (Å²) in [5, 5.41) is 6.88. The van der Waals surface area contributed by atoms with E-state index in [-0.39, 0.29) is 24.0 Å². The summed E-state index contributed by atoms with van der Waals surface area (Å²) in [5.41, 5.74) is 3.02. The van der Waals surface area contributed by atoms with Gasteiger partial charge in [-0.05, 0) is 50.6 Å². The second-order valence-corrected chi connectivity index (χ2v) is 9.58. The van der Waals surface area contributed by atoms with Crippen LogP contribution in [0, 0.1) is 6.92 Å². The van der Waals surface area contributed by atoms with Crippen molar-refractivity contribution in [3.63, 3.8) is 0 Å². The van der Waals surface area contributed by atoms with E-state index in [2.05, 4.69) is 10.5 Å². The number of morpholine rings is 1. The van der Waals surface area contributed by atoms with Gasteiger partial charge in [-0.15, -0.1) is 11.8 Å². The quantitative estimate of drug-likeness (QED) is 0.504. The molecule has 1 N–H and O–H groups in total. The number of thioether (sulfide) groups is 1. The van der Waals surface area contributed by atoms with Crippen molar-refractivity contribution in [3.05, 3.63) is 82.7 Å². The highest BCUT2D eigenvalue weighted by molar-refractivity contribution is 7.98. The minimum atomic E-state index is -0.145. The van der Waals surface area contributed by atoms with Gasteiger partial charge < -0.3 is 19.5 Å².